The van der Waals surface area contributed by atoms with Crippen LogP contribution in [0.5, 0.6) is 0 Å². The molecule has 0 aliphatic carbocycles. The minimum atomic E-state index is 0.0926. The second kappa shape index (κ2) is 9.52. The van der Waals surface area contributed by atoms with Crippen LogP contribution in [-0.2, 0) is 4.79 Å². The molecule has 0 atom stereocenters. The minimum absolute atomic E-state index is 0.0926. The molecule has 0 N–H and O–H groups in total. The zero-order chi connectivity index (χ0) is 10.9. The number of nitrogens with zero attached hydrogens (tertiary/aromatic N) is 2. The van der Waals surface area contributed by atoms with E-state index < -0.39 is 0 Å². The summed E-state index contributed by atoms with van der Waals surface area (Å²) in [4.78, 5) is 14.0. The van der Waals surface area contributed by atoms with Gasteiger partial charge < -0.3 is 9.80 Å². The first-order chi connectivity index (χ1) is 5.99. The van der Waals surface area contributed by atoms with E-state index in [-0.39, 0.29) is 5.91 Å². The Morgan fingerprint density at radius 1 is 1.00 bits per heavy atom. The van der Waals surface area contributed by atoms with Gasteiger partial charge in [0.1, 0.15) is 0 Å². The highest BCUT2D eigenvalue weighted by Gasteiger charge is 1.89. The lowest BCUT2D eigenvalue weighted by Gasteiger charge is -2.13. The van der Waals surface area contributed by atoms with Crippen molar-refractivity contribution in [2.45, 2.75) is 27.7 Å². The first-order valence-electron chi connectivity index (χ1n) is 4.89. The van der Waals surface area contributed by atoms with E-state index >= 15 is 0 Å². The number of carbonyl (C=O) groups excluding carboxylic acids is 1. The van der Waals surface area contributed by atoms with Gasteiger partial charge in [0, 0.05) is 21.0 Å². The summed E-state index contributed by atoms with van der Waals surface area (Å²) >= 11 is 0. The van der Waals surface area contributed by atoms with Crippen LogP contribution in [0.4, 0.5) is 0 Å². The van der Waals surface area contributed by atoms with Gasteiger partial charge in [-0.1, -0.05) is 20.8 Å². The first kappa shape index (κ1) is 14.9. The van der Waals surface area contributed by atoms with E-state index in [0.29, 0.717) is 0 Å². The lowest BCUT2D eigenvalue weighted by Crippen LogP contribution is -2.21. The Kier molecular flexibility index (Phi) is 10.9. The van der Waals surface area contributed by atoms with Crippen molar-refractivity contribution in [2.24, 2.45) is 0 Å². The predicted molar refractivity (Wildman–Crippen MR) is 57.8 cm³/mol. The molecule has 0 fully saturated rings. The quantitative estimate of drug-likeness (QED) is 0.669. The molecule has 3 heteroatoms. The fourth-order valence-corrected chi connectivity index (χ4v) is 0.671. The van der Waals surface area contributed by atoms with Crippen LogP contribution in [-0.4, -0.2) is 49.4 Å². The highest BCUT2D eigenvalue weighted by Crippen LogP contribution is 1.81. The number of hydrogen-bond donors (Lipinski definition) is 0. The summed E-state index contributed by atoms with van der Waals surface area (Å²) in [5, 5.41) is 0. The smallest absolute Gasteiger partial charge is 0.218 e. The van der Waals surface area contributed by atoms with Crippen molar-refractivity contribution in [1.29, 1.82) is 0 Å². The maximum absolute atomic E-state index is 10.1. The molecule has 0 aromatic carbocycles. The molecule has 0 aliphatic heterocycles. The van der Waals surface area contributed by atoms with Crippen LogP contribution in [0, 0.1) is 0 Å². The zero-order valence-corrected chi connectivity index (χ0v) is 9.92. The van der Waals surface area contributed by atoms with Crippen LogP contribution in [0.15, 0.2) is 0 Å². The Morgan fingerprint density at radius 3 is 1.23 bits per heavy atom. The van der Waals surface area contributed by atoms with Gasteiger partial charge >= 0.3 is 0 Å². The van der Waals surface area contributed by atoms with Crippen LogP contribution >= 0.6 is 0 Å². The van der Waals surface area contributed by atoms with E-state index in [1.165, 1.54) is 31.5 Å². The molecular formula is C10H24N2O. The van der Waals surface area contributed by atoms with Crippen LogP contribution in [0.25, 0.3) is 0 Å². The van der Waals surface area contributed by atoms with Gasteiger partial charge in [0.05, 0.1) is 0 Å². The predicted octanol–water partition coefficient (Wildman–Crippen LogP) is 1.44. The molecule has 0 saturated carbocycles. The molecule has 1 amide bonds. The molecular weight excluding hydrogens is 164 g/mol. The molecule has 0 rings (SSSR count). The van der Waals surface area contributed by atoms with Crippen LogP contribution in [0.1, 0.15) is 27.7 Å². The van der Waals surface area contributed by atoms with Gasteiger partial charge in [-0.3, -0.25) is 4.79 Å². The van der Waals surface area contributed by atoms with E-state index in [9.17, 15) is 4.79 Å². The monoisotopic (exact) mass is 188 g/mol. The largest absolute Gasteiger partial charge is 0.349 e. The van der Waals surface area contributed by atoms with E-state index in [4.69, 9.17) is 0 Å². The van der Waals surface area contributed by atoms with Crippen molar-refractivity contribution >= 4 is 5.91 Å². The first-order valence-corrected chi connectivity index (χ1v) is 4.89. The highest BCUT2D eigenvalue weighted by atomic mass is 16.2. The zero-order valence-electron chi connectivity index (χ0n) is 9.92. The third-order valence-electron chi connectivity index (χ3n) is 1.97. The molecule has 0 bridgehead atoms. The normalized spacial score (nSPS) is 9.15. The number of carbonyl (C=O) groups is 1. The molecule has 0 saturated heterocycles. The Labute approximate surface area is 82.7 Å². The van der Waals surface area contributed by atoms with E-state index in [0.717, 1.165) is 0 Å². The summed E-state index contributed by atoms with van der Waals surface area (Å²) in [5.41, 5.74) is 0. The maximum Gasteiger partial charge on any atom is 0.218 e. The minimum Gasteiger partial charge on any atom is -0.349 e. The van der Waals surface area contributed by atoms with Crippen LogP contribution in [0.3, 0.4) is 0 Å². The topological polar surface area (TPSA) is 23.6 Å². The van der Waals surface area contributed by atoms with Gasteiger partial charge in [0.2, 0.25) is 5.91 Å². The summed E-state index contributed by atoms with van der Waals surface area (Å²) in [6.07, 6.45) is 0. The Balaban J connectivity index is 0. The van der Waals surface area contributed by atoms with E-state index in [2.05, 4.69) is 25.7 Å². The summed E-state index contributed by atoms with van der Waals surface area (Å²) in [6.45, 7) is 11.7. The van der Waals surface area contributed by atoms with Gasteiger partial charge in [-0.15, -0.1) is 0 Å². The molecule has 0 heterocycles. The molecule has 0 radical (unpaired) electrons. The summed E-state index contributed by atoms with van der Waals surface area (Å²) in [6, 6.07) is 0. The van der Waals surface area contributed by atoms with Gasteiger partial charge in [0.25, 0.3) is 0 Å². The fraction of sp³-hybridized carbons (Fsp3) is 0.900. The third-order valence-corrected chi connectivity index (χ3v) is 1.97. The molecule has 13 heavy (non-hydrogen) atoms. The van der Waals surface area contributed by atoms with Crippen LogP contribution < -0.4 is 0 Å². The molecule has 0 spiro atoms. The van der Waals surface area contributed by atoms with Crippen molar-refractivity contribution in [3.8, 4) is 0 Å². The van der Waals surface area contributed by atoms with Crippen LogP contribution in [0.2, 0.25) is 0 Å². The Hall–Kier alpha value is -0.570. The lowest BCUT2D eigenvalue weighted by atomic mass is 10.5. The Morgan fingerprint density at radius 2 is 1.23 bits per heavy atom. The van der Waals surface area contributed by atoms with Gasteiger partial charge in [-0.25, -0.2) is 0 Å². The third kappa shape index (κ3) is 11.4. The second-order valence-corrected chi connectivity index (χ2v) is 3.03. The van der Waals surface area contributed by atoms with E-state index in [1.54, 1.807) is 14.1 Å². The van der Waals surface area contributed by atoms with Crippen molar-refractivity contribution in [3.05, 3.63) is 0 Å². The molecule has 0 aromatic rings. The van der Waals surface area contributed by atoms with Gasteiger partial charge in [-0.05, 0) is 19.6 Å². The van der Waals surface area contributed by atoms with Crippen molar-refractivity contribution in [1.82, 2.24) is 9.80 Å². The molecule has 80 valence electrons. The standard InChI is InChI=1S/C6H15N.C4H9NO/c1-4-7(5-2)6-3;1-4(6)5(2)3/h4-6H2,1-3H3;1-3H3. The molecule has 0 aromatic heterocycles. The number of rotatable bonds is 3. The summed E-state index contributed by atoms with van der Waals surface area (Å²) < 4.78 is 0. The lowest BCUT2D eigenvalue weighted by molar-refractivity contribution is -0.126. The molecule has 3 nitrogen and oxygen atoms in total. The maximum atomic E-state index is 10.1. The van der Waals surface area contributed by atoms with Crippen molar-refractivity contribution < 1.29 is 4.79 Å². The van der Waals surface area contributed by atoms with E-state index in [1.807, 2.05) is 0 Å². The van der Waals surface area contributed by atoms with Gasteiger partial charge in [-0.2, -0.15) is 0 Å². The van der Waals surface area contributed by atoms with Crippen molar-refractivity contribution in [2.75, 3.05) is 33.7 Å². The van der Waals surface area contributed by atoms with Gasteiger partial charge in [0.15, 0.2) is 0 Å². The average Bonchev–Trinajstić information content (AvgIpc) is 2.08. The number of amides is 1. The summed E-state index contributed by atoms with van der Waals surface area (Å²) in [5.74, 6) is 0.0926. The SMILES string of the molecule is CC(=O)N(C)C.CCN(CC)CC. The fourth-order valence-electron chi connectivity index (χ4n) is 0.671. The number of hydrogen-bond acceptors (Lipinski definition) is 2. The average molecular weight is 188 g/mol. The molecule has 0 aliphatic rings. The molecule has 0 unspecified atom stereocenters. The van der Waals surface area contributed by atoms with Crippen molar-refractivity contribution in [3.63, 3.8) is 0 Å². The highest BCUT2D eigenvalue weighted by molar-refractivity contribution is 5.72. The summed E-state index contributed by atoms with van der Waals surface area (Å²) in [7, 11) is 3.45. The Bertz CT molecular complexity index is 115. The second-order valence-electron chi connectivity index (χ2n) is 3.03.